The smallest absolute Gasteiger partial charge is 0.262 e. The van der Waals surface area contributed by atoms with Gasteiger partial charge in [0.05, 0.1) is 10.6 Å². The van der Waals surface area contributed by atoms with Gasteiger partial charge in [-0.15, -0.1) is 0 Å². The Morgan fingerprint density at radius 1 is 1.24 bits per heavy atom. The first kappa shape index (κ1) is 16.0. The van der Waals surface area contributed by atoms with Crippen molar-refractivity contribution in [3.05, 3.63) is 51.3 Å². The van der Waals surface area contributed by atoms with E-state index in [4.69, 9.17) is 5.73 Å². The molecule has 0 heterocycles. The van der Waals surface area contributed by atoms with Crippen LogP contribution in [0.15, 0.2) is 41.3 Å². The van der Waals surface area contributed by atoms with E-state index < -0.39 is 15.8 Å². The summed E-state index contributed by atoms with van der Waals surface area (Å²) in [4.78, 5) is 0.0809. The fraction of sp³-hybridized carbons (Fsp3) is 0.143. The Morgan fingerprint density at radius 2 is 1.95 bits per heavy atom. The predicted molar refractivity (Wildman–Crippen MR) is 90.2 cm³/mol. The van der Waals surface area contributed by atoms with Gasteiger partial charge in [0.25, 0.3) is 10.0 Å². The Labute approximate surface area is 136 Å². The van der Waals surface area contributed by atoms with Crippen LogP contribution in [0.3, 0.4) is 0 Å². The second-order valence-electron chi connectivity index (χ2n) is 4.44. The van der Waals surface area contributed by atoms with Gasteiger partial charge < -0.3 is 5.73 Å². The van der Waals surface area contributed by atoms with Gasteiger partial charge in [0.2, 0.25) is 0 Å². The highest BCUT2D eigenvalue weighted by Crippen LogP contribution is 2.24. The lowest BCUT2D eigenvalue weighted by Crippen LogP contribution is -2.14. The highest BCUT2D eigenvalue weighted by molar-refractivity contribution is 14.1. The summed E-state index contributed by atoms with van der Waals surface area (Å²) < 4.78 is 40.6. The summed E-state index contributed by atoms with van der Waals surface area (Å²) >= 11 is 1.87. The number of rotatable bonds is 4. The number of hydrogen-bond acceptors (Lipinski definition) is 3. The second-order valence-corrected chi connectivity index (χ2v) is 7.29. The fourth-order valence-corrected chi connectivity index (χ4v) is 3.75. The van der Waals surface area contributed by atoms with Crippen molar-refractivity contribution in [2.24, 2.45) is 0 Å². The number of anilines is 2. The molecule has 0 bridgehead atoms. The number of nitrogens with one attached hydrogen (secondary N) is 1. The molecule has 7 heteroatoms. The maximum atomic E-state index is 13.0. The summed E-state index contributed by atoms with van der Waals surface area (Å²) in [5.41, 5.74) is 7.49. The van der Waals surface area contributed by atoms with Gasteiger partial charge in [-0.05, 0) is 64.9 Å². The molecule has 0 aliphatic heterocycles. The van der Waals surface area contributed by atoms with Gasteiger partial charge in [-0.2, -0.15) is 0 Å². The van der Waals surface area contributed by atoms with Crippen LogP contribution >= 0.6 is 22.6 Å². The first-order valence-corrected chi connectivity index (χ1v) is 8.76. The van der Waals surface area contributed by atoms with Gasteiger partial charge in [0.1, 0.15) is 5.82 Å². The van der Waals surface area contributed by atoms with Crippen molar-refractivity contribution >= 4 is 44.0 Å². The van der Waals surface area contributed by atoms with Gasteiger partial charge in [0.15, 0.2) is 0 Å². The largest absolute Gasteiger partial charge is 0.398 e. The standard InChI is InChI=1S/C14H14FIN2O2S/c1-2-9-3-5-11(8-13(9)17)21(19,20)18-14-6-4-10(15)7-12(14)16/h3-8,18H,2,17H2,1H3. The van der Waals surface area contributed by atoms with Gasteiger partial charge in [-0.25, -0.2) is 12.8 Å². The third kappa shape index (κ3) is 3.65. The van der Waals surface area contributed by atoms with Crippen LogP contribution in [0.1, 0.15) is 12.5 Å². The van der Waals surface area contributed by atoms with E-state index >= 15 is 0 Å². The quantitative estimate of drug-likeness (QED) is 0.589. The SMILES string of the molecule is CCc1ccc(S(=O)(=O)Nc2ccc(F)cc2I)cc1N. The molecule has 112 valence electrons. The molecule has 0 aromatic heterocycles. The maximum Gasteiger partial charge on any atom is 0.262 e. The van der Waals surface area contributed by atoms with Crippen LogP contribution in [0.25, 0.3) is 0 Å². The van der Waals surface area contributed by atoms with E-state index in [1.165, 1.54) is 30.3 Å². The van der Waals surface area contributed by atoms with E-state index in [0.29, 0.717) is 14.9 Å². The Hall–Kier alpha value is -1.35. The highest BCUT2D eigenvalue weighted by atomic mass is 127. The monoisotopic (exact) mass is 420 g/mol. The first-order chi connectivity index (χ1) is 9.83. The van der Waals surface area contributed by atoms with E-state index in [2.05, 4.69) is 4.72 Å². The molecule has 0 spiro atoms. The van der Waals surface area contributed by atoms with Crippen LogP contribution in [-0.4, -0.2) is 8.42 Å². The van der Waals surface area contributed by atoms with Crippen molar-refractivity contribution in [1.82, 2.24) is 0 Å². The number of benzene rings is 2. The number of halogens is 2. The average Bonchev–Trinajstić information content (AvgIpc) is 2.42. The normalized spacial score (nSPS) is 11.4. The van der Waals surface area contributed by atoms with Crippen LogP contribution in [0.2, 0.25) is 0 Å². The van der Waals surface area contributed by atoms with Crippen LogP contribution in [-0.2, 0) is 16.4 Å². The minimum absolute atomic E-state index is 0.0809. The molecule has 3 N–H and O–H groups in total. The first-order valence-electron chi connectivity index (χ1n) is 6.19. The fourth-order valence-electron chi connectivity index (χ4n) is 1.84. The van der Waals surface area contributed by atoms with Gasteiger partial charge >= 0.3 is 0 Å². The highest BCUT2D eigenvalue weighted by Gasteiger charge is 2.17. The summed E-state index contributed by atoms with van der Waals surface area (Å²) in [6.45, 7) is 1.94. The summed E-state index contributed by atoms with van der Waals surface area (Å²) in [6.07, 6.45) is 0.732. The topological polar surface area (TPSA) is 72.2 Å². The predicted octanol–water partition coefficient (Wildman–Crippen LogP) is 3.38. The second kappa shape index (κ2) is 6.18. The van der Waals surface area contributed by atoms with E-state index in [9.17, 15) is 12.8 Å². The maximum absolute atomic E-state index is 13.0. The van der Waals surface area contributed by atoms with Gasteiger partial charge in [-0.1, -0.05) is 13.0 Å². The van der Waals surface area contributed by atoms with Crippen molar-refractivity contribution < 1.29 is 12.8 Å². The molecular weight excluding hydrogens is 406 g/mol. The van der Waals surface area contributed by atoms with Crippen LogP contribution in [0, 0.1) is 9.39 Å². The van der Waals surface area contributed by atoms with Crippen molar-refractivity contribution in [1.29, 1.82) is 0 Å². The van der Waals surface area contributed by atoms with Crippen molar-refractivity contribution in [2.75, 3.05) is 10.5 Å². The lowest BCUT2D eigenvalue weighted by molar-refractivity contribution is 0.601. The summed E-state index contributed by atoms with van der Waals surface area (Å²) in [5.74, 6) is -0.418. The number of hydrogen-bond donors (Lipinski definition) is 2. The lowest BCUT2D eigenvalue weighted by atomic mass is 10.1. The molecule has 0 unspecified atom stereocenters. The molecule has 0 aliphatic carbocycles. The van der Waals surface area contributed by atoms with E-state index in [0.717, 1.165) is 12.0 Å². The number of nitrogen functional groups attached to an aromatic ring is 1. The summed E-state index contributed by atoms with van der Waals surface area (Å²) in [5, 5.41) is 0. The zero-order valence-electron chi connectivity index (χ0n) is 11.2. The Bertz CT molecular complexity index is 779. The molecule has 0 saturated carbocycles. The zero-order valence-corrected chi connectivity index (χ0v) is 14.2. The van der Waals surface area contributed by atoms with E-state index in [1.54, 1.807) is 6.07 Å². The summed E-state index contributed by atoms with van der Waals surface area (Å²) in [6, 6.07) is 8.48. The average molecular weight is 420 g/mol. The van der Waals surface area contributed by atoms with Crippen molar-refractivity contribution in [2.45, 2.75) is 18.2 Å². The van der Waals surface area contributed by atoms with Crippen molar-refractivity contribution in [3.63, 3.8) is 0 Å². The molecule has 21 heavy (non-hydrogen) atoms. The molecule has 0 amide bonds. The molecular formula is C14H14FIN2O2S. The Balaban J connectivity index is 2.36. The van der Waals surface area contributed by atoms with Gasteiger partial charge in [0, 0.05) is 9.26 Å². The van der Waals surface area contributed by atoms with Crippen LogP contribution in [0.4, 0.5) is 15.8 Å². The number of sulfonamides is 1. The third-order valence-corrected chi connectivity index (χ3v) is 5.24. The molecule has 0 atom stereocenters. The molecule has 2 aromatic carbocycles. The molecule has 0 aliphatic rings. The summed E-state index contributed by atoms with van der Waals surface area (Å²) in [7, 11) is -3.75. The van der Waals surface area contributed by atoms with Gasteiger partial charge in [-0.3, -0.25) is 4.72 Å². The molecule has 0 fully saturated rings. The minimum Gasteiger partial charge on any atom is -0.398 e. The Morgan fingerprint density at radius 3 is 2.52 bits per heavy atom. The third-order valence-electron chi connectivity index (χ3n) is 2.98. The zero-order chi connectivity index (χ0) is 15.6. The molecule has 0 saturated heterocycles. The molecule has 0 radical (unpaired) electrons. The number of aryl methyl sites for hydroxylation is 1. The van der Waals surface area contributed by atoms with Crippen LogP contribution in [0.5, 0.6) is 0 Å². The molecule has 2 rings (SSSR count). The van der Waals surface area contributed by atoms with E-state index in [1.807, 2.05) is 29.5 Å². The lowest BCUT2D eigenvalue weighted by Gasteiger charge is -2.11. The van der Waals surface area contributed by atoms with E-state index in [-0.39, 0.29) is 4.90 Å². The molecule has 4 nitrogen and oxygen atoms in total. The number of nitrogens with two attached hydrogens (primary N) is 1. The van der Waals surface area contributed by atoms with Crippen molar-refractivity contribution in [3.8, 4) is 0 Å². The molecule has 2 aromatic rings. The Kier molecular flexibility index (Phi) is 4.72. The minimum atomic E-state index is -3.75. The van der Waals surface area contributed by atoms with Crippen LogP contribution < -0.4 is 10.5 Å².